The molecular weight excluding hydrogens is 387 g/mol. The van der Waals surface area contributed by atoms with E-state index < -0.39 is 0 Å². The topological polar surface area (TPSA) is 27.1 Å². The SMILES string of the molecule is COc1cccc(-n2c(CCl)nc3cc(I)ccc32)c1. The van der Waals surface area contributed by atoms with Gasteiger partial charge < -0.3 is 4.74 Å². The third kappa shape index (κ3) is 2.38. The molecule has 0 radical (unpaired) electrons. The third-order valence-corrected chi connectivity index (χ3v) is 4.03. The molecule has 5 heteroatoms. The van der Waals surface area contributed by atoms with Crippen LogP contribution in [0.2, 0.25) is 0 Å². The number of hydrogen-bond donors (Lipinski definition) is 0. The monoisotopic (exact) mass is 398 g/mol. The number of benzene rings is 2. The van der Waals surface area contributed by atoms with Gasteiger partial charge in [-0.1, -0.05) is 6.07 Å². The molecule has 102 valence electrons. The van der Waals surface area contributed by atoms with E-state index in [0.717, 1.165) is 31.9 Å². The first-order chi connectivity index (χ1) is 9.72. The number of methoxy groups -OCH3 is 1. The summed E-state index contributed by atoms with van der Waals surface area (Å²) in [7, 11) is 1.66. The van der Waals surface area contributed by atoms with E-state index in [4.69, 9.17) is 16.3 Å². The molecule has 3 rings (SSSR count). The molecule has 2 aromatic carbocycles. The minimum atomic E-state index is 0.364. The first-order valence-corrected chi connectivity index (χ1v) is 7.71. The summed E-state index contributed by atoms with van der Waals surface area (Å²) in [5.74, 6) is 2.01. The van der Waals surface area contributed by atoms with Crippen LogP contribution in [0.15, 0.2) is 42.5 Å². The number of aromatic nitrogens is 2. The van der Waals surface area contributed by atoms with E-state index in [0.29, 0.717) is 5.88 Å². The van der Waals surface area contributed by atoms with Crippen LogP contribution in [-0.4, -0.2) is 16.7 Å². The van der Waals surface area contributed by atoms with Gasteiger partial charge in [0, 0.05) is 9.64 Å². The van der Waals surface area contributed by atoms with Gasteiger partial charge in [-0.05, 0) is 52.9 Å². The highest BCUT2D eigenvalue weighted by Crippen LogP contribution is 2.26. The van der Waals surface area contributed by atoms with Gasteiger partial charge in [0.05, 0.1) is 29.7 Å². The van der Waals surface area contributed by atoms with Gasteiger partial charge in [-0.2, -0.15) is 0 Å². The second-order valence-electron chi connectivity index (χ2n) is 4.33. The molecule has 0 saturated heterocycles. The highest BCUT2D eigenvalue weighted by atomic mass is 127. The Morgan fingerprint density at radius 3 is 2.85 bits per heavy atom. The van der Waals surface area contributed by atoms with Gasteiger partial charge in [-0.15, -0.1) is 11.6 Å². The van der Waals surface area contributed by atoms with Gasteiger partial charge in [0.25, 0.3) is 0 Å². The summed E-state index contributed by atoms with van der Waals surface area (Å²) in [6, 6.07) is 14.1. The van der Waals surface area contributed by atoms with Crippen LogP contribution in [0.5, 0.6) is 5.75 Å². The summed E-state index contributed by atoms with van der Waals surface area (Å²) in [5, 5.41) is 0. The molecule has 0 fully saturated rings. The first-order valence-electron chi connectivity index (χ1n) is 6.10. The molecule has 0 unspecified atom stereocenters. The van der Waals surface area contributed by atoms with E-state index in [-0.39, 0.29) is 0 Å². The molecule has 0 aliphatic rings. The molecule has 0 N–H and O–H groups in total. The first kappa shape index (κ1) is 13.7. The van der Waals surface area contributed by atoms with Crippen LogP contribution in [0.1, 0.15) is 5.82 Å². The minimum absolute atomic E-state index is 0.364. The van der Waals surface area contributed by atoms with Crippen molar-refractivity contribution in [2.24, 2.45) is 0 Å². The van der Waals surface area contributed by atoms with Crippen molar-refractivity contribution in [3.05, 3.63) is 51.9 Å². The highest BCUT2D eigenvalue weighted by Gasteiger charge is 2.12. The van der Waals surface area contributed by atoms with Crippen molar-refractivity contribution in [3.8, 4) is 11.4 Å². The predicted molar refractivity (Wildman–Crippen MR) is 89.9 cm³/mol. The minimum Gasteiger partial charge on any atom is -0.497 e. The number of ether oxygens (including phenoxy) is 1. The lowest BCUT2D eigenvalue weighted by Gasteiger charge is -2.09. The molecule has 0 amide bonds. The van der Waals surface area contributed by atoms with Gasteiger partial charge in [0.2, 0.25) is 0 Å². The highest BCUT2D eigenvalue weighted by molar-refractivity contribution is 14.1. The fourth-order valence-corrected chi connectivity index (χ4v) is 2.88. The van der Waals surface area contributed by atoms with Crippen molar-refractivity contribution in [2.45, 2.75) is 5.88 Å². The van der Waals surface area contributed by atoms with Crippen LogP contribution in [0.25, 0.3) is 16.7 Å². The van der Waals surface area contributed by atoms with Gasteiger partial charge >= 0.3 is 0 Å². The van der Waals surface area contributed by atoms with Crippen molar-refractivity contribution in [3.63, 3.8) is 0 Å². The Morgan fingerprint density at radius 2 is 2.10 bits per heavy atom. The largest absolute Gasteiger partial charge is 0.497 e. The second-order valence-corrected chi connectivity index (χ2v) is 5.84. The summed E-state index contributed by atoms with van der Waals surface area (Å²) in [4.78, 5) is 4.61. The Labute approximate surface area is 135 Å². The zero-order valence-electron chi connectivity index (χ0n) is 10.8. The molecule has 0 saturated carbocycles. The van der Waals surface area contributed by atoms with Crippen molar-refractivity contribution in [1.29, 1.82) is 0 Å². The molecule has 1 heterocycles. The third-order valence-electron chi connectivity index (χ3n) is 3.12. The molecule has 0 aliphatic carbocycles. The quantitative estimate of drug-likeness (QED) is 0.484. The van der Waals surface area contributed by atoms with Crippen LogP contribution in [0, 0.1) is 3.57 Å². The van der Waals surface area contributed by atoms with E-state index in [1.54, 1.807) is 7.11 Å². The van der Waals surface area contributed by atoms with Gasteiger partial charge in [0.1, 0.15) is 11.6 Å². The number of alkyl halides is 1. The molecule has 0 spiro atoms. The lowest BCUT2D eigenvalue weighted by Crippen LogP contribution is -1.99. The smallest absolute Gasteiger partial charge is 0.129 e. The lowest BCUT2D eigenvalue weighted by molar-refractivity contribution is 0.414. The Morgan fingerprint density at radius 1 is 1.25 bits per heavy atom. The zero-order valence-corrected chi connectivity index (χ0v) is 13.7. The molecule has 0 bridgehead atoms. The summed E-state index contributed by atoms with van der Waals surface area (Å²) >= 11 is 8.34. The Kier molecular flexibility index (Phi) is 3.85. The van der Waals surface area contributed by atoms with Crippen LogP contribution in [0.4, 0.5) is 0 Å². The molecule has 0 aliphatic heterocycles. The maximum atomic E-state index is 6.05. The Balaban J connectivity index is 2.28. The molecule has 1 aromatic heterocycles. The number of fused-ring (bicyclic) bond motifs is 1. The van der Waals surface area contributed by atoms with E-state index in [2.05, 4.69) is 50.3 Å². The van der Waals surface area contributed by atoms with Crippen LogP contribution >= 0.6 is 34.2 Å². The lowest BCUT2D eigenvalue weighted by atomic mass is 10.2. The molecule has 3 nitrogen and oxygen atoms in total. The van der Waals surface area contributed by atoms with E-state index in [1.807, 2.05) is 24.3 Å². The number of halogens is 2. The van der Waals surface area contributed by atoms with Crippen molar-refractivity contribution in [2.75, 3.05) is 7.11 Å². The van der Waals surface area contributed by atoms with Gasteiger partial charge in [0.15, 0.2) is 0 Å². The fourth-order valence-electron chi connectivity index (χ4n) is 2.23. The van der Waals surface area contributed by atoms with E-state index in [9.17, 15) is 0 Å². The average molecular weight is 399 g/mol. The maximum Gasteiger partial charge on any atom is 0.129 e. The molecule has 20 heavy (non-hydrogen) atoms. The summed E-state index contributed by atoms with van der Waals surface area (Å²) < 4.78 is 8.52. The normalized spacial score (nSPS) is 10.9. The van der Waals surface area contributed by atoms with Gasteiger partial charge in [-0.25, -0.2) is 4.98 Å². The molecule has 3 aromatic rings. The zero-order chi connectivity index (χ0) is 14.1. The van der Waals surface area contributed by atoms with Gasteiger partial charge in [-0.3, -0.25) is 4.57 Å². The Hall–Kier alpha value is -1.27. The number of rotatable bonds is 3. The van der Waals surface area contributed by atoms with Crippen LogP contribution < -0.4 is 4.74 Å². The molecule has 0 atom stereocenters. The van der Waals surface area contributed by atoms with E-state index in [1.165, 1.54) is 0 Å². The summed E-state index contributed by atoms with van der Waals surface area (Å²) in [5.41, 5.74) is 3.01. The van der Waals surface area contributed by atoms with E-state index >= 15 is 0 Å². The van der Waals surface area contributed by atoms with Crippen LogP contribution in [0.3, 0.4) is 0 Å². The number of hydrogen-bond acceptors (Lipinski definition) is 2. The van der Waals surface area contributed by atoms with Crippen molar-refractivity contribution in [1.82, 2.24) is 9.55 Å². The van der Waals surface area contributed by atoms with Crippen molar-refractivity contribution < 1.29 is 4.74 Å². The second kappa shape index (κ2) is 5.61. The predicted octanol–water partition coefficient (Wildman–Crippen LogP) is 4.38. The average Bonchev–Trinajstić information content (AvgIpc) is 2.84. The molecular formula is C15H12ClIN2O. The van der Waals surface area contributed by atoms with Crippen molar-refractivity contribution >= 4 is 45.2 Å². The summed E-state index contributed by atoms with van der Waals surface area (Å²) in [6.07, 6.45) is 0. The number of imidazole rings is 1. The standard InChI is InChI=1S/C15H12ClIN2O/c1-20-12-4-2-3-11(8-12)19-14-6-5-10(17)7-13(14)18-15(19)9-16/h2-8H,9H2,1H3. The summed E-state index contributed by atoms with van der Waals surface area (Å²) in [6.45, 7) is 0. The number of nitrogens with zero attached hydrogens (tertiary/aromatic N) is 2. The fraction of sp³-hybridized carbons (Fsp3) is 0.133. The van der Waals surface area contributed by atoms with Crippen LogP contribution in [-0.2, 0) is 5.88 Å². The maximum absolute atomic E-state index is 6.05. The Bertz CT molecular complexity index is 770.